The van der Waals surface area contributed by atoms with Gasteiger partial charge in [-0.25, -0.2) is 8.42 Å². The summed E-state index contributed by atoms with van der Waals surface area (Å²) in [7, 11) is -3.57. The first-order valence-electron chi connectivity index (χ1n) is 11.2. The summed E-state index contributed by atoms with van der Waals surface area (Å²) in [6, 6.07) is 8.84. The van der Waals surface area contributed by atoms with Gasteiger partial charge in [-0.2, -0.15) is 4.31 Å². The van der Waals surface area contributed by atoms with Crippen molar-refractivity contribution in [3.8, 4) is 0 Å². The first-order chi connectivity index (χ1) is 15.4. The molecule has 0 saturated carbocycles. The minimum Gasteiger partial charge on any atom is -0.350 e. The second-order valence-electron chi connectivity index (χ2n) is 8.30. The highest BCUT2D eigenvalue weighted by Gasteiger charge is 2.29. The topological polar surface area (TPSA) is 86.8 Å². The molecule has 2 aromatic rings. The molecule has 1 fully saturated rings. The van der Waals surface area contributed by atoms with Crippen molar-refractivity contribution in [3.05, 3.63) is 46.2 Å². The van der Waals surface area contributed by atoms with Crippen molar-refractivity contribution in [2.24, 2.45) is 0 Å². The van der Waals surface area contributed by atoms with Crippen LogP contribution in [0, 0.1) is 0 Å². The van der Waals surface area contributed by atoms with Crippen LogP contribution < -0.4 is 10.2 Å². The number of amides is 2. The van der Waals surface area contributed by atoms with Gasteiger partial charge < -0.3 is 10.2 Å². The van der Waals surface area contributed by atoms with E-state index in [1.807, 2.05) is 17.5 Å². The minimum absolute atomic E-state index is 0.0740. The zero-order valence-electron chi connectivity index (χ0n) is 18.1. The number of nitrogens with zero attached hydrogens (tertiary/aromatic N) is 2. The molecule has 2 aliphatic rings. The predicted octanol–water partition coefficient (Wildman–Crippen LogP) is 3.30. The molecule has 9 heteroatoms. The Labute approximate surface area is 193 Å². The van der Waals surface area contributed by atoms with E-state index in [0.29, 0.717) is 44.6 Å². The van der Waals surface area contributed by atoms with E-state index < -0.39 is 10.0 Å². The van der Waals surface area contributed by atoms with E-state index >= 15 is 0 Å². The molecule has 172 valence electrons. The maximum absolute atomic E-state index is 13.2. The third-order valence-corrected chi connectivity index (χ3v) is 8.80. The Balaban J connectivity index is 1.54. The van der Waals surface area contributed by atoms with E-state index in [0.717, 1.165) is 36.1 Å². The highest BCUT2D eigenvalue weighted by molar-refractivity contribution is 7.89. The summed E-state index contributed by atoms with van der Waals surface area (Å²) in [6.07, 6.45) is 5.45. The van der Waals surface area contributed by atoms with Gasteiger partial charge in [0.1, 0.15) is 6.54 Å². The van der Waals surface area contributed by atoms with Crippen LogP contribution in [0.5, 0.6) is 0 Å². The van der Waals surface area contributed by atoms with Crippen molar-refractivity contribution in [2.75, 3.05) is 24.5 Å². The fourth-order valence-corrected chi connectivity index (χ4v) is 6.50. The zero-order valence-corrected chi connectivity index (χ0v) is 19.7. The number of anilines is 1. The number of carbonyl (C=O) groups excluding carboxylic acids is 2. The molecule has 0 aliphatic carbocycles. The molecule has 32 heavy (non-hydrogen) atoms. The summed E-state index contributed by atoms with van der Waals surface area (Å²) in [5.41, 5.74) is 1.44. The molecule has 3 heterocycles. The standard InChI is InChI=1S/C23H29N3O4S2/c27-22(24-16-19-8-6-14-31-19)17-26-21-11-10-20(15-18(21)7-5-9-23(26)28)32(29,30)25-12-3-1-2-4-13-25/h6,8,10-11,14-15H,1-5,7,9,12-13,16-17H2,(H,24,27). The lowest BCUT2D eigenvalue weighted by atomic mass is 10.1. The summed E-state index contributed by atoms with van der Waals surface area (Å²) in [5.74, 6) is -0.348. The van der Waals surface area contributed by atoms with Crippen LogP contribution in [0.15, 0.2) is 40.6 Å². The normalized spacial score (nSPS) is 18.0. The van der Waals surface area contributed by atoms with E-state index in [1.54, 1.807) is 33.8 Å². The van der Waals surface area contributed by atoms with E-state index in [4.69, 9.17) is 0 Å². The lowest BCUT2D eigenvalue weighted by molar-refractivity contribution is -0.123. The van der Waals surface area contributed by atoms with Gasteiger partial charge in [0.15, 0.2) is 0 Å². The first kappa shape index (κ1) is 22.9. The van der Waals surface area contributed by atoms with Crippen LogP contribution >= 0.6 is 11.3 Å². The van der Waals surface area contributed by atoms with Gasteiger partial charge in [-0.05, 0) is 60.9 Å². The minimum atomic E-state index is -3.57. The first-order valence-corrected chi connectivity index (χ1v) is 13.5. The Morgan fingerprint density at radius 1 is 1.03 bits per heavy atom. The zero-order chi connectivity index (χ0) is 22.6. The van der Waals surface area contributed by atoms with Crippen LogP contribution in [0.2, 0.25) is 0 Å². The second-order valence-corrected chi connectivity index (χ2v) is 11.3. The highest BCUT2D eigenvalue weighted by atomic mass is 32.2. The van der Waals surface area contributed by atoms with E-state index in [2.05, 4.69) is 5.32 Å². The lowest BCUT2D eigenvalue weighted by Gasteiger charge is -2.24. The number of nitrogens with one attached hydrogen (secondary N) is 1. The Hall–Kier alpha value is -2.23. The Morgan fingerprint density at radius 2 is 1.81 bits per heavy atom. The van der Waals surface area contributed by atoms with Crippen LogP contribution in [0.4, 0.5) is 5.69 Å². The number of fused-ring (bicyclic) bond motifs is 1. The molecule has 0 radical (unpaired) electrons. The molecule has 7 nitrogen and oxygen atoms in total. The van der Waals surface area contributed by atoms with E-state index in [1.165, 1.54) is 4.90 Å². The molecule has 2 amide bonds. The smallest absolute Gasteiger partial charge is 0.243 e. The van der Waals surface area contributed by atoms with Crippen molar-refractivity contribution in [1.29, 1.82) is 0 Å². The number of carbonyl (C=O) groups is 2. The number of hydrogen-bond donors (Lipinski definition) is 1. The molecule has 0 bridgehead atoms. The number of rotatable bonds is 6. The average Bonchev–Trinajstić information content (AvgIpc) is 3.07. The summed E-state index contributed by atoms with van der Waals surface area (Å²) in [4.78, 5) is 28.1. The number of sulfonamides is 1. The number of hydrogen-bond acceptors (Lipinski definition) is 5. The molecule has 4 rings (SSSR count). The van der Waals surface area contributed by atoms with Gasteiger partial charge in [0.05, 0.1) is 11.4 Å². The van der Waals surface area contributed by atoms with Crippen LogP contribution in [-0.4, -0.2) is 44.2 Å². The molecule has 1 N–H and O–H groups in total. The summed E-state index contributed by atoms with van der Waals surface area (Å²) < 4.78 is 28.0. The third kappa shape index (κ3) is 5.22. The molecule has 1 saturated heterocycles. The molecule has 0 atom stereocenters. The number of aryl methyl sites for hydroxylation is 1. The number of thiophene rings is 1. The highest BCUT2D eigenvalue weighted by Crippen LogP contribution is 2.31. The van der Waals surface area contributed by atoms with Gasteiger partial charge in [0.2, 0.25) is 21.8 Å². The van der Waals surface area contributed by atoms with Crippen molar-refractivity contribution in [1.82, 2.24) is 9.62 Å². The molecular weight excluding hydrogens is 446 g/mol. The van der Waals surface area contributed by atoms with Crippen LogP contribution in [0.1, 0.15) is 49.0 Å². The molecule has 1 aromatic heterocycles. The quantitative estimate of drug-likeness (QED) is 0.695. The van der Waals surface area contributed by atoms with E-state index in [-0.39, 0.29) is 23.3 Å². The monoisotopic (exact) mass is 475 g/mol. The van der Waals surface area contributed by atoms with Crippen molar-refractivity contribution in [3.63, 3.8) is 0 Å². The average molecular weight is 476 g/mol. The van der Waals surface area contributed by atoms with Crippen molar-refractivity contribution < 1.29 is 18.0 Å². The summed E-state index contributed by atoms with van der Waals surface area (Å²) >= 11 is 1.56. The van der Waals surface area contributed by atoms with Gasteiger partial charge >= 0.3 is 0 Å². The third-order valence-electron chi connectivity index (χ3n) is 6.02. The van der Waals surface area contributed by atoms with Crippen LogP contribution in [0.25, 0.3) is 0 Å². The molecule has 1 aromatic carbocycles. The van der Waals surface area contributed by atoms with E-state index in [9.17, 15) is 18.0 Å². The predicted molar refractivity (Wildman–Crippen MR) is 125 cm³/mol. The SMILES string of the molecule is O=C(CN1C(=O)CCCc2cc(S(=O)(=O)N3CCCCCC3)ccc21)NCc1cccs1. The van der Waals surface area contributed by atoms with Crippen molar-refractivity contribution in [2.45, 2.75) is 56.4 Å². The largest absolute Gasteiger partial charge is 0.350 e. The maximum Gasteiger partial charge on any atom is 0.243 e. The van der Waals surface area contributed by atoms with Gasteiger partial charge in [0.25, 0.3) is 0 Å². The molecular formula is C23H29N3O4S2. The lowest BCUT2D eigenvalue weighted by Crippen LogP contribution is -2.40. The molecule has 2 aliphatic heterocycles. The van der Waals surface area contributed by atoms with Gasteiger partial charge in [-0.3, -0.25) is 9.59 Å². The Bertz CT molecular complexity index is 1060. The number of benzene rings is 1. The second kappa shape index (κ2) is 10.1. The van der Waals surface area contributed by atoms with Gasteiger partial charge in [-0.1, -0.05) is 18.9 Å². The van der Waals surface area contributed by atoms with Crippen LogP contribution in [0.3, 0.4) is 0 Å². The summed E-state index contributed by atoms with van der Waals surface area (Å²) in [5, 5.41) is 4.82. The molecule has 0 unspecified atom stereocenters. The summed E-state index contributed by atoms with van der Waals surface area (Å²) in [6.45, 7) is 1.46. The van der Waals surface area contributed by atoms with Crippen LogP contribution in [-0.2, 0) is 32.6 Å². The fourth-order valence-electron chi connectivity index (χ4n) is 4.29. The molecule has 0 spiro atoms. The maximum atomic E-state index is 13.2. The van der Waals surface area contributed by atoms with Gasteiger partial charge in [0, 0.05) is 30.1 Å². The Morgan fingerprint density at radius 3 is 2.53 bits per heavy atom. The Kier molecular flexibility index (Phi) is 7.27. The fraction of sp³-hybridized carbons (Fsp3) is 0.478. The van der Waals surface area contributed by atoms with Crippen molar-refractivity contribution >= 4 is 38.9 Å². The van der Waals surface area contributed by atoms with Gasteiger partial charge in [-0.15, -0.1) is 11.3 Å².